The fourth-order valence-electron chi connectivity index (χ4n) is 4.75. The van der Waals surface area contributed by atoms with Gasteiger partial charge in [0.15, 0.2) is 0 Å². The molecular weight excluding hydrogens is 228 g/mol. The summed E-state index contributed by atoms with van der Waals surface area (Å²) in [6.07, 6.45) is 3.56. The van der Waals surface area contributed by atoms with Crippen LogP contribution in [0.2, 0.25) is 0 Å². The second-order valence-electron chi connectivity index (χ2n) is 6.78. The summed E-state index contributed by atoms with van der Waals surface area (Å²) in [6.45, 7) is 8.37. The number of rotatable bonds is 0. The van der Waals surface area contributed by atoms with Crippen molar-refractivity contribution in [1.29, 1.82) is 0 Å². The van der Waals surface area contributed by atoms with E-state index in [-0.39, 0.29) is 29.5 Å². The molecule has 0 radical (unpaired) electrons. The molecule has 1 saturated heterocycles. The number of hydrogen-bond acceptors (Lipinski definition) is 3. The highest BCUT2D eigenvalue weighted by atomic mass is 16.6. The van der Waals surface area contributed by atoms with E-state index in [2.05, 4.69) is 20.4 Å². The first-order valence-corrected chi connectivity index (χ1v) is 7.00. The van der Waals surface area contributed by atoms with Gasteiger partial charge in [-0.1, -0.05) is 20.4 Å². The third-order valence-electron chi connectivity index (χ3n) is 5.55. The average molecular weight is 250 g/mol. The van der Waals surface area contributed by atoms with Crippen molar-refractivity contribution in [2.24, 2.45) is 23.2 Å². The van der Waals surface area contributed by atoms with Crippen molar-refractivity contribution in [3.8, 4) is 0 Å². The van der Waals surface area contributed by atoms with E-state index in [0.29, 0.717) is 17.4 Å². The van der Waals surface area contributed by atoms with Crippen LogP contribution in [0.3, 0.4) is 0 Å². The molecule has 3 aliphatic rings. The lowest BCUT2D eigenvalue weighted by Gasteiger charge is -2.35. The molecule has 1 aliphatic heterocycles. The quantitative estimate of drug-likeness (QED) is 0.530. The van der Waals surface area contributed by atoms with Gasteiger partial charge in [0.25, 0.3) is 0 Å². The van der Waals surface area contributed by atoms with E-state index in [9.17, 15) is 9.90 Å². The Morgan fingerprint density at radius 2 is 2.22 bits per heavy atom. The molecule has 0 amide bonds. The van der Waals surface area contributed by atoms with Crippen molar-refractivity contribution in [3.63, 3.8) is 0 Å². The Kier molecular flexibility index (Phi) is 2.60. The topological polar surface area (TPSA) is 46.5 Å². The summed E-state index contributed by atoms with van der Waals surface area (Å²) >= 11 is 0. The zero-order valence-corrected chi connectivity index (χ0v) is 11.2. The molecular formula is C15H22O3. The summed E-state index contributed by atoms with van der Waals surface area (Å²) in [5.41, 5.74) is 0.783. The molecule has 3 rings (SSSR count). The highest BCUT2D eigenvalue weighted by Crippen LogP contribution is 2.56. The van der Waals surface area contributed by atoms with E-state index in [1.807, 2.05) is 0 Å². The van der Waals surface area contributed by atoms with Crippen molar-refractivity contribution in [3.05, 3.63) is 12.2 Å². The Morgan fingerprint density at radius 1 is 1.50 bits per heavy atom. The molecule has 6 atom stereocenters. The third kappa shape index (κ3) is 1.56. The van der Waals surface area contributed by atoms with Crippen molar-refractivity contribution < 1.29 is 14.6 Å². The SMILES string of the molecule is C=C1C(=O)O[C@H]2C[C@@H](C)[C@@H]3[C@@H](O)CC[C@@]3(C)C[C@H]12. The number of carbonyl (C=O) groups is 1. The maximum Gasteiger partial charge on any atom is 0.334 e. The maximum atomic E-state index is 11.6. The van der Waals surface area contributed by atoms with Gasteiger partial charge in [0.2, 0.25) is 0 Å². The normalized spacial score (nSPS) is 51.6. The molecule has 1 heterocycles. The minimum atomic E-state index is -0.210. The predicted octanol–water partition coefficient (Wildman–Crippen LogP) is 2.29. The molecule has 0 spiro atoms. The van der Waals surface area contributed by atoms with Crippen molar-refractivity contribution in [2.75, 3.05) is 0 Å². The summed E-state index contributed by atoms with van der Waals surface area (Å²) in [6, 6.07) is 0. The van der Waals surface area contributed by atoms with Gasteiger partial charge in [-0.15, -0.1) is 0 Å². The zero-order valence-electron chi connectivity index (χ0n) is 11.2. The molecule has 0 aromatic rings. The highest BCUT2D eigenvalue weighted by molar-refractivity contribution is 5.90. The number of aliphatic hydroxyl groups is 1. The van der Waals surface area contributed by atoms with Crippen LogP contribution in [0.15, 0.2) is 12.2 Å². The largest absolute Gasteiger partial charge is 0.458 e. The summed E-state index contributed by atoms with van der Waals surface area (Å²) in [5.74, 6) is 0.703. The van der Waals surface area contributed by atoms with Crippen LogP contribution in [0.25, 0.3) is 0 Å². The molecule has 0 bridgehead atoms. The number of fused-ring (bicyclic) bond motifs is 2. The Labute approximate surface area is 108 Å². The van der Waals surface area contributed by atoms with Crippen LogP contribution < -0.4 is 0 Å². The van der Waals surface area contributed by atoms with E-state index in [4.69, 9.17) is 4.74 Å². The smallest absolute Gasteiger partial charge is 0.334 e. The van der Waals surface area contributed by atoms with E-state index in [0.717, 1.165) is 25.7 Å². The fourth-order valence-corrected chi connectivity index (χ4v) is 4.75. The lowest BCUT2D eigenvalue weighted by molar-refractivity contribution is -0.139. The molecule has 18 heavy (non-hydrogen) atoms. The van der Waals surface area contributed by atoms with Crippen LogP contribution in [0.4, 0.5) is 0 Å². The van der Waals surface area contributed by atoms with Crippen LogP contribution in [-0.2, 0) is 9.53 Å². The first-order chi connectivity index (χ1) is 8.42. The molecule has 100 valence electrons. The van der Waals surface area contributed by atoms with Gasteiger partial charge in [-0.25, -0.2) is 4.79 Å². The van der Waals surface area contributed by atoms with E-state index in [1.165, 1.54) is 0 Å². The second kappa shape index (κ2) is 3.83. The average Bonchev–Trinajstić information content (AvgIpc) is 2.67. The first kappa shape index (κ1) is 12.2. The molecule has 0 aromatic carbocycles. The molecule has 0 aromatic heterocycles. The lowest BCUT2D eigenvalue weighted by atomic mass is 9.70. The van der Waals surface area contributed by atoms with Gasteiger partial charge in [0.05, 0.1) is 6.10 Å². The van der Waals surface area contributed by atoms with E-state index in [1.54, 1.807) is 0 Å². The number of ether oxygens (including phenoxy) is 1. The van der Waals surface area contributed by atoms with Gasteiger partial charge in [-0.05, 0) is 42.9 Å². The summed E-state index contributed by atoms with van der Waals surface area (Å²) in [5, 5.41) is 10.2. The number of aliphatic hydroxyl groups excluding tert-OH is 1. The van der Waals surface area contributed by atoms with Gasteiger partial charge in [0, 0.05) is 11.5 Å². The maximum absolute atomic E-state index is 11.6. The summed E-state index contributed by atoms with van der Waals surface area (Å²) in [7, 11) is 0. The fraction of sp³-hybridized carbons (Fsp3) is 0.800. The van der Waals surface area contributed by atoms with Crippen LogP contribution in [-0.4, -0.2) is 23.3 Å². The number of esters is 1. The number of carbonyl (C=O) groups excluding carboxylic acids is 1. The molecule has 2 saturated carbocycles. The monoisotopic (exact) mass is 250 g/mol. The summed E-state index contributed by atoms with van der Waals surface area (Å²) in [4.78, 5) is 11.6. The summed E-state index contributed by atoms with van der Waals surface area (Å²) < 4.78 is 5.45. The van der Waals surface area contributed by atoms with Gasteiger partial charge in [-0.2, -0.15) is 0 Å². The first-order valence-electron chi connectivity index (χ1n) is 7.00. The van der Waals surface area contributed by atoms with Crippen molar-refractivity contribution in [2.45, 2.75) is 51.7 Å². The van der Waals surface area contributed by atoms with Crippen molar-refractivity contribution >= 4 is 5.97 Å². The Balaban J connectivity index is 1.94. The van der Waals surface area contributed by atoms with Gasteiger partial charge in [0.1, 0.15) is 6.10 Å². The molecule has 3 fully saturated rings. The van der Waals surface area contributed by atoms with Crippen molar-refractivity contribution in [1.82, 2.24) is 0 Å². The Morgan fingerprint density at radius 3 is 2.94 bits per heavy atom. The standard InChI is InChI=1S/C15H22O3/c1-8-6-12-10(9(2)14(17)18-12)7-15(3)5-4-11(16)13(8)15/h8,10-13,16H,2,4-7H2,1,3H3/t8-,10-,11+,12+,13-,15+/m1/s1. The lowest BCUT2D eigenvalue weighted by Crippen LogP contribution is -2.32. The second-order valence-corrected chi connectivity index (χ2v) is 6.78. The van der Waals surface area contributed by atoms with Gasteiger partial charge < -0.3 is 9.84 Å². The Bertz CT molecular complexity index is 403. The van der Waals surface area contributed by atoms with Gasteiger partial charge in [-0.3, -0.25) is 0 Å². The van der Waals surface area contributed by atoms with E-state index < -0.39 is 0 Å². The van der Waals surface area contributed by atoms with E-state index >= 15 is 0 Å². The minimum absolute atomic E-state index is 0.00498. The van der Waals surface area contributed by atoms with Crippen LogP contribution in [0, 0.1) is 23.2 Å². The molecule has 2 aliphatic carbocycles. The van der Waals surface area contributed by atoms with Crippen LogP contribution in [0.5, 0.6) is 0 Å². The predicted molar refractivity (Wildman–Crippen MR) is 67.7 cm³/mol. The van der Waals surface area contributed by atoms with Crippen LogP contribution in [0.1, 0.15) is 39.5 Å². The third-order valence-corrected chi connectivity index (χ3v) is 5.55. The van der Waals surface area contributed by atoms with Crippen LogP contribution >= 0.6 is 0 Å². The Hall–Kier alpha value is -0.830. The molecule has 1 N–H and O–H groups in total. The zero-order chi connectivity index (χ0) is 13.1. The van der Waals surface area contributed by atoms with Gasteiger partial charge >= 0.3 is 5.97 Å². The molecule has 3 nitrogen and oxygen atoms in total. The molecule has 3 heteroatoms. The minimum Gasteiger partial charge on any atom is -0.458 e. The number of hydrogen-bond donors (Lipinski definition) is 1. The highest BCUT2D eigenvalue weighted by Gasteiger charge is 2.54. The molecule has 0 unspecified atom stereocenters.